The molecule has 1 N–H and O–H groups in total. The van der Waals surface area contributed by atoms with E-state index in [4.69, 9.17) is 9.47 Å². The molecule has 16 heavy (non-hydrogen) atoms. The standard InChI is InChI=1S/C12H26N2O2/c1-4-12-9-14(6-7-16-12)8-11(10-15-3)13-5-2/h11-13H,4-10H2,1-3H3. The number of nitrogens with one attached hydrogen (secondary N) is 1. The molecule has 0 radical (unpaired) electrons. The van der Waals surface area contributed by atoms with E-state index in [0.29, 0.717) is 12.1 Å². The van der Waals surface area contributed by atoms with E-state index in [2.05, 4.69) is 24.1 Å². The molecule has 0 spiro atoms. The Bertz CT molecular complexity index is 172. The Balaban J connectivity index is 2.31. The third-order valence-electron chi connectivity index (χ3n) is 3.02. The van der Waals surface area contributed by atoms with Crippen LogP contribution in [-0.2, 0) is 9.47 Å². The molecule has 1 fully saturated rings. The molecule has 0 saturated carbocycles. The first-order valence-electron chi connectivity index (χ1n) is 6.36. The molecule has 4 heteroatoms. The molecule has 2 atom stereocenters. The number of likely N-dealkylation sites (N-methyl/N-ethyl adjacent to an activating group) is 1. The van der Waals surface area contributed by atoms with Crippen LogP contribution < -0.4 is 5.32 Å². The van der Waals surface area contributed by atoms with Crippen LogP contribution in [0.5, 0.6) is 0 Å². The van der Waals surface area contributed by atoms with Gasteiger partial charge in [0.2, 0.25) is 0 Å². The van der Waals surface area contributed by atoms with E-state index in [0.717, 1.165) is 45.8 Å². The lowest BCUT2D eigenvalue weighted by atomic mass is 10.2. The van der Waals surface area contributed by atoms with Gasteiger partial charge in [-0.3, -0.25) is 4.90 Å². The minimum absolute atomic E-state index is 0.415. The van der Waals surface area contributed by atoms with E-state index < -0.39 is 0 Å². The molecule has 1 aliphatic rings. The van der Waals surface area contributed by atoms with Crippen molar-refractivity contribution in [1.82, 2.24) is 10.2 Å². The minimum Gasteiger partial charge on any atom is -0.383 e. The molecule has 0 amide bonds. The Morgan fingerprint density at radius 1 is 1.50 bits per heavy atom. The fraction of sp³-hybridized carbons (Fsp3) is 1.00. The second-order valence-corrected chi connectivity index (χ2v) is 4.37. The maximum absolute atomic E-state index is 5.67. The van der Waals surface area contributed by atoms with Crippen molar-refractivity contribution in [2.75, 3.05) is 46.5 Å². The molecule has 1 aliphatic heterocycles. The van der Waals surface area contributed by atoms with Crippen LogP contribution in [0.1, 0.15) is 20.3 Å². The summed E-state index contributed by atoms with van der Waals surface area (Å²) in [5, 5.41) is 3.46. The van der Waals surface area contributed by atoms with Crippen molar-refractivity contribution in [3.05, 3.63) is 0 Å². The summed E-state index contributed by atoms with van der Waals surface area (Å²) in [6.07, 6.45) is 1.52. The lowest BCUT2D eigenvalue weighted by Gasteiger charge is -2.34. The molecular formula is C12H26N2O2. The van der Waals surface area contributed by atoms with Crippen molar-refractivity contribution >= 4 is 0 Å². The van der Waals surface area contributed by atoms with Gasteiger partial charge >= 0.3 is 0 Å². The number of methoxy groups -OCH3 is 1. The van der Waals surface area contributed by atoms with E-state index in [1.165, 1.54) is 0 Å². The molecule has 4 nitrogen and oxygen atoms in total. The average Bonchev–Trinajstić information content (AvgIpc) is 2.30. The molecule has 2 unspecified atom stereocenters. The quantitative estimate of drug-likeness (QED) is 0.699. The number of morpholine rings is 1. The second kappa shape index (κ2) is 8.01. The fourth-order valence-electron chi connectivity index (χ4n) is 2.17. The maximum Gasteiger partial charge on any atom is 0.0700 e. The highest BCUT2D eigenvalue weighted by Crippen LogP contribution is 2.08. The molecule has 1 rings (SSSR count). The van der Waals surface area contributed by atoms with Crippen LogP contribution in [-0.4, -0.2) is 63.5 Å². The molecule has 0 aromatic rings. The van der Waals surface area contributed by atoms with Gasteiger partial charge < -0.3 is 14.8 Å². The van der Waals surface area contributed by atoms with Crippen molar-refractivity contribution in [2.45, 2.75) is 32.4 Å². The molecular weight excluding hydrogens is 204 g/mol. The zero-order valence-electron chi connectivity index (χ0n) is 10.9. The second-order valence-electron chi connectivity index (χ2n) is 4.37. The maximum atomic E-state index is 5.67. The third-order valence-corrected chi connectivity index (χ3v) is 3.02. The zero-order chi connectivity index (χ0) is 11.8. The van der Waals surface area contributed by atoms with Crippen LogP contribution in [0.15, 0.2) is 0 Å². The highest BCUT2D eigenvalue weighted by molar-refractivity contribution is 4.76. The molecule has 1 saturated heterocycles. The monoisotopic (exact) mass is 230 g/mol. The van der Waals surface area contributed by atoms with Crippen molar-refractivity contribution in [2.24, 2.45) is 0 Å². The summed E-state index contributed by atoms with van der Waals surface area (Å²) < 4.78 is 10.9. The van der Waals surface area contributed by atoms with Gasteiger partial charge in [-0.15, -0.1) is 0 Å². The highest BCUT2D eigenvalue weighted by Gasteiger charge is 2.21. The first-order chi connectivity index (χ1) is 7.80. The van der Waals surface area contributed by atoms with Crippen LogP contribution in [0, 0.1) is 0 Å². The van der Waals surface area contributed by atoms with Gasteiger partial charge in [0.25, 0.3) is 0 Å². The Hall–Kier alpha value is -0.160. The van der Waals surface area contributed by atoms with Gasteiger partial charge in [-0.1, -0.05) is 13.8 Å². The van der Waals surface area contributed by atoms with Crippen LogP contribution in [0.25, 0.3) is 0 Å². The van der Waals surface area contributed by atoms with Crippen LogP contribution in [0.2, 0.25) is 0 Å². The smallest absolute Gasteiger partial charge is 0.0700 e. The predicted molar refractivity (Wildman–Crippen MR) is 65.8 cm³/mol. The van der Waals surface area contributed by atoms with Gasteiger partial charge in [0.15, 0.2) is 0 Å². The molecule has 0 aromatic heterocycles. The summed E-state index contributed by atoms with van der Waals surface area (Å²) in [6, 6.07) is 0.436. The van der Waals surface area contributed by atoms with Gasteiger partial charge in [-0.05, 0) is 13.0 Å². The summed E-state index contributed by atoms with van der Waals surface area (Å²) in [5.41, 5.74) is 0. The molecule has 0 bridgehead atoms. The summed E-state index contributed by atoms with van der Waals surface area (Å²) in [4.78, 5) is 2.48. The lowest BCUT2D eigenvalue weighted by Crippen LogP contribution is -2.49. The largest absolute Gasteiger partial charge is 0.383 e. The van der Waals surface area contributed by atoms with Crippen LogP contribution in [0.3, 0.4) is 0 Å². The Kier molecular flexibility index (Phi) is 6.96. The normalized spacial score (nSPS) is 24.6. The first-order valence-corrected chi connectivity index (χ1v) is 6.36. The van der Waals surface area contributed by atoms with E-state index in [1.54, 1.807) is 7.11 Å². The number of rotatable bonds is 7. The molecule has 0 aromatic carbocycles. The SMILES string of the molecule is CCNC(COC)CN1CCOC(CC)C1. The van der Waals surface area contributed by atoms with Crippen molar-refractivity contribution in [3.63, 3.8) is 0 Å². The summed E-state index contributed by atoms with van der Waals surface area (Å²) in [7, 11) is 1.76. The summed E-state index contributed by atoms with van der Waals surface area (Å²) in [6.45, 7) is 10.1. The lowest BCUT2D eigenvalue weighted by molar-refractivity contribution is -0.0344. The van der Waals surface area contributed by atoms with Gasteiger partial charge in [0.05, 0.1) is 19.3 Å². The van der Waals surface area contributed by atoms with E-state index in [-0.39, 0.29) is 0 Å². The van der Waals surface area contributed by atoms with Crippen molar-refractivity contribution < 1.29 is 9.47 Å². The van der Waals surface area contributed by atoms with E-state index in [1.807, 2.05) is 0 Å². The number of ether oxygens (including phenoxy) is 2. The minimum atomic E-state index is 0.415. The number of hydrogen-bond acceptors (Lipinski definition) is 4. The predicted octanol–water partition coefficient (Wildman–Crippen LogP) is 0.722. The first kappa shape index (κ1) is 13.9. The molecule has 1 heterocycles. The van der Waals surface area contributed by atoms with E-state index >= 15 is 0 Å². The molecule has 96 valence electrons. The van der Waals surface area contributed by atoms with Crippen LogP contribution in [0.4, 0.5) is 0 Å². The average molecular weight is 230 g/mol. The summed E-state index contributed by atoms with van der Waals surface area (Å²) in [5.74, 6) is 0. The molecule has 0 aliphatic carbocycles. The highest BCUT2D eigenvalue weighted by atomic mass is 16.5. The topological polar surface area (TPSA) is 33.7 Å². The Morgan fingerprint density at radius 3 is 2.94 bits per heavy atom. The number of hydrogen-bond donors (Lipinski definition) is 1. The zero-order valence-corrected chi connectivity index (χ0v) is 10.9. The van der Waals surface area contributed by atoms with Crippen LogP contribution >= 0.6 is 0 Å². The number of nitrogens with zero attached hydrogens (tertiary/aromatic N) is 1. The fourth-order valence-corrected chi connectivity index (χ4v) is 2.17. The third kappa shape index (κ3) is 4.78. The van der Waals surface area contributed by atoms with Gasteiger partial charge in [0.1, 0.15) is 0 Å². The Morgan fingerprint density at radius 2 is 2.31 bits per heavy atom. The van der Waals surface area contributed by atoms with Gasteiger partial charge in [0, 0.05) is 32.8 Å². The Labute approximate surface area is 99.3 Å². The van der Waals surface area contributed by atoms with Crippen molar-refractivity contribution in [1.29, 1.82) is 0 Å². The van der Waals surface area contributed by atoms with E-state index in [9.17, 15) is 0 Å². The summed E-state index contributed by atoms with van der Waals surface area (Å²) >= 11 is 0. The van der Waals surface area contributed by atoms with Gasteiger partial charge in [-0.2, -0.15) is 0 Å². The van der Waals surface area contributed by atoms with Gasteiger partial charge in [-0.25, -0.2) is 0 Å². The van der Waals surface area contributed by atoms with Crippen molar-refractivity contribution in [3.8, 4) is 0 Å².